The molecule has 1 heteroatoms. The van der Waals surface area contributed by atoms with Gasteiger partial charge in [0.1, 0.15) is 6.29 Å². The number of rotatable bonds is 19. The molecule has 0 bridgehead atoms. The molecule has 0 radical (unpaired) electrons. The average Bonchev–Trinajstić information content (AvgIpc) is 3.60. The van der Waals surface area contributed by atoms with E-state index < -0.39 is 5.41 Å². The Bertz CT molecular complexity index is 2000. The van der Waals surface area contributed by atoms with Crippen molar-refractivity contribution in [1.29, 1.82) is 0 Å². The predicted octanol–water partition coefficient (Wildman–Crippen LogP) is 15.0. The number of unbranched alkanes of at least 4 members (excludes halogenated alkanes) is 10. The Labute approximate surface area is 327 Å². The van der Waals surface area contributed by atoms with Crippen LogP contribution in [0.2, 0.25) is 0 Å². The van der Waals surface area contributed by atoms with E-state index in [0.29, 0.717) is 5.57 Å². The minimum atomic E-state index is -0.605. The summed E-state index contributed by atoms with van der Waals surface area (Å²) in [7, 11) is 0. The van der Waals surface area contributed by atoms with E-state index in [9.17, 15) is 4.79 Å². The van der Waals surface area contributed by atoms with Crippen molar-refractivity contribution in [2.75, 3.05) is 0 Å². The summed E-state index contributed by atoms with van der Waals surface area (Å²) in [5, 5.41) is 0. The lowest BCUT2D eigenvalue weighted by molar-refractivity contribution is -0.104. The lowest BCUT2D eigenvalue weighted by Crippen LogP contribution is -2.29. The standard InChI is InChI=1S/C53H64O/c1-8-11-13-15-17-19-31-52(32-20-18-16-14-12-9-2)48-33-39(5)23-29-44(48)46-36-51-47(35-49(46)52)45-30-24-40(6)34-50(45)53(51,43-27-21-38(4)22-28-43)41(7)25-26-42(10-3)37-54/h10,21-30,33-37H,7-9,11-20,31-32H2,1-6H3/b26-25-,42-10+. The zero-order valence-electron chi connectivity index (χ0n) is 34.3. The monoisotopic (exact) mass is 716 g/mol. The van der Waals surface area contributed by atoms with Crippen LogP contribution in [0.15, 0.2) is 109 Å². The molecule has 0 saturated heterocycles. The highest BCUT2D eigenvalue weighted by Crippen LogP contribution is 2.62. The molecule has 1 atom stereocenters. The second-order valence-electron chi connectivity index (χ2n) is 16.5. The third kappa shape index (κ3) is 7.41. The van der Waals surface area contributed by atoms with Crippen molar-refractivity contribution in [1.82, 2.24) is 0 Å². The van der Waals surface area contributed by atoms with Crippen molar-refractivity contribution in [3.8, 4) is 22.3 Å². The van der Waals surface area contributed by atoms with Gasteiger partial charge in [-0.05, 0) is 108 Å². The van der Waals surface area contributed by atoms with Gasteiger partial charge in [0.15, 0.2) is 0 Å². The molecule has 0 aromatic heterocycles. The Morgan fingerprint density at radius 1 is 0.556 bits per heavy atom. The summed E-state index contributed by atoms with van der Waals surface area (Å²) in [6, 6.07) is 28.6. The van der Waals surface area contributed by atoms with Crippen LogP contribution in [0, 0.1) is 20.8 Å². The summed E-state index contributed by atoms with van der Waals surface area (Å²) in [4.78, 5) is 12.0. The van der Waals surface area contributed by atoms with Gasteiger partial charge < -0.3 is 0 Å². The maximum absolute atomic E-state index is 12.0. The van der Waals surface area contributed by atoms with Gasteiger partial charge in [-0.25, -0.2) is 0 Å². The van der Waals surface area contributed by atoms with Gasteiger partial charge in [0, 0.05) is 11.0 Å². The van der Waals surface area contributed by atoms with Crippen LogP contribution in [0.3, 0.4) is 0 Å². The highest BCUT2D eigenvalue weighted by atomic mass is 16.1. The first-order valence-corrected chi connectivity index (χ1v) is 21.2. The third-order valence-corrected chi connectivity index (χ3v) is 12.8. The van der Waals surface area contributed by atoms with Crippen molar-refractivity contribution in [3.63, 3.8) is 0 Å². The van der Waals surface area contributed by atoms with Crippen LogP contribution < -0.4 is 0 Å². The molecule has 2 aliphatic carbocycles. The fraction of sp³-hybridized carbons (Fsp3) is 0.415. The number of carbonyl (C=O) groups is 1. The van der Waals surface area contributed by atoms with E-state index in [-0.39, 0.29) is 5.41 Å². The van der Waals surface area contributed by atoms with Gasteiger partial charge in [0.2, 0.25) is 0 Å². The van der Waals surface area contributed by atoms with Crippen LogP contribution in [0.4, 0.5) is 0 Å². The Morgan fingerprint density at radius 2 is 1.02 bits per heavy atom. The summed E-state index contributed by atoms with van der Waals surface area (Å²) in [5.41, 5.74) is 17.2. The van der Waals surface area contributed by atoms with Crippen LogP contribution in [0.25, 0.3) is 22.3 Å². The summed E-state index contributed by atoms with van der Waals surface area (Å²) in [6.07, 6.45) is 25.0. The fourth-order valence-electron chi connectivity index (χ4n) is 9.78. The molecule has 0 heterocycles. The zero-order chi connectivity index (χ0) is 38.3. The molecule has 54 heavy (non-hydrogen) atoms. The molecule has 282 valence electrons. The van der Waals surface area contributed by atoms with E-state index in [4.69, 9.17) is 6.58 Å². The number of hydrogen-bond acceptors (Lipinski definition) is 1. The average molecular weight is 717 g/mol. The maximum atomic E-state index is 12.0. The van der Waals surface area contributed by atoms with E-state index in [1.54, 1.807) is 5.56 Å². The van der Waals surface area contributed by atoms with Crippen LogP contribution >= 0.6 is 0 Å². The van der Waals surface area contributed by atoms with Crippen molar-refractivity contribution in [2.24, 2.45) is 0 Å². The van der Waals surface area contributed by atoms with E-state index >= 15 is 0 Å². The maximum Gasteiger partial charge on any atom is 0.149 e. The Kier molecular flexibility index (Phi) is 12.8. The first-order chi connectivity index (χ1) is 26.2. The van der Waals surface area contributed by atoms with E-state index in [2.05, 4.69) is 113 Å². The lowest BCUT2D eigenvalue weighted by atomic mass is 9.66. The minimum absolute atomic E-state index is 0.00287. The summed E-state index contributed by atoms with van der Waals surface area (Å²) < 4.78 is 0. The summed E-state index contributed by atoms with van der Waals surface area (Å²) in [5.74, 6) is 0. The number of benzene rings is 4. The molecular weight excluding hydrogens is 653 g/mol. The molecule has 0 fully saturated rings. The van der Waals surface area contributed by atoms with E-state index in [1.807, 2.05) is 19.1 Å². The largest absolute Gasteiger partial charge is 0.298 e. The van der Waals surface area contributed by atoms with Gasteiger partial charge >= 0.3 is 0 Å². The van der Waals surface area contributed by atoms with Gasteiger partial charge in [-0.2, -0.15) is 0 Å². The van der Waals surface area contributed by atoms with Crippen molar-refractivity contribution >= 4 is 6.29 Å². The van der Waals surface area contributed by atoms with Gasteiger partial charge in [0.25, 0.3) is 0 Å². The van der Waals surface area contributed by atoms with Gasteiger partial charge in [0.05, 0.1) is 5.41 Å². The van der Waals surface area contributed by atoms with Crippen LogP contribution in [-0.2, 0) is 15.6 Å². The van der Waals surface area contributed by atoms with E-state index in [1.165, 1.54) is 151 Å². The third-order valence-electron chi connectivity index (χ3n) is 12.8. The summed E-state index contributed by atoms with van der Waals surface area (Å²) in [6.45, 7) is 18.0. The minimum Gasteiger partial charge on any atom is -0.298 e. The van der Waals surface area contributed by atoms with Crippen molar-refractivity contribution in [2.45, 2.75) is 142 Å². The summed E-state index contributed by atoms with van der Waals surface area (Å²) >= 11 is 0. The molecule has 2 aliphatic rings. The first-order valence-electron chi connectivity index (χ1n) is 21.2. The quantitative estimate of drug-likeness (QED) is 0.0409. The number of aldehydes is 1. The molecule has 4 aromatic carbocycles. The molecule has 1 nitrogen and oxygen atoms in total. The molecule has 0 amide bonds. The predicted molar refractivity (Wildman–Crippen MR) is 233 cm³/mol. The van der Waals surface area contributed by atoms with Crippen LogP contribution in [0.1, 0.15) is 155 Å². The topological polar surface area (TPSA) is 17.1 Å². The Hall–Kier alpha value is -4.23. The molecule has 0 saturated carbocycles. The molecule has 0 aliphatic heterocycles. The highest BCUT2D eigenvalue weighted by Gasteiger charge is 2.50. The number of carbonyl (C=O) groups excluding carboxylic acids is 1. The molecule has 1 unspecified atom stereocenters. The van der Waals surface area contributed by atoms with Gasteiger partial charge in [-0.3, -0.25) is 4.79 Å². The number of aryl methyl sites for hydroxylation is 3. The van der Waals surface area contributed by atoms with Crippen molar-refractivity contribution < 1.29 is 4.79 Å². The van der Waals surface area contributed by atoms with Gasteiger partial charge in [-0.15, -0.1) is 0 Å². The fourth-order valence-corrected chi connectivity index (χ4v) is 9.78. The molecule has 0 N–H and O–H groups in total. The smallest absolute Gasteiger partial charge is 0.149 e. The Morgan fingerprint density at radius 3 is 1.59 bits per heavy atom. The molecular formula is C53H64O. The number of fused-ring (bicyclic) bond motifs is 6. The molecule has 6 rings (SSSR count). The van der Waals surface area contributed by atoms with Crippen LogP contribution in [0.5, 0.6) is 0 Å². The number of allylic oxidation sites excluding steroid dienone is 5. The van der Waals surface area contributed by atoms with E-state index in [0.717, 1.165) is 11.9 Å². The second kappa shape index (κ2) is 17.5. The van der Waals surface area contributed by atoms with Crippen molar-refractivity contribution in [3.05, 3.63) is 153 Å². The molecule has 4 aromatic rings. The SMILES string of the molecule is C=C(/C=C\C(C=O)=C/C)C1(c2ccc(C)cc2)c2cc(C)ccc2-c2cc3c(cc21)-c1ccc(C)cc1C3(CCCCCCCC)CCCCCCCC. The second-order valence-corrected chi connectivity index (χ2v) is 16.5. The Balaban J connectivity index is 1.59. The first kappa shape index (κ1) is 39.5. The number of hydrogen-bond donors (Lipinski definition) is 0. The van der Waals surface area contributed by atoms with Crippen LogP contribution in [-0.4, -0.2) is 6.29 Å². The highest BCUT2D eigenvalue weighted by molar-refractivity contribution is 5.93. The zero-order valence-corrected chi connectivity index (χ0v) is 34.3. The van der Waals surface area contributed by atoms with Gasteiger partial charge in [-0.1, -0.05) is 193 Å². The normalized spacial score (nSPS) is 16.7. The lowest BCUT2D eigenvalue weighted by Gasteiger charge is -2.35. The molecule has 0 spiro atoms.